The average Bonchev–Trinajstić information content (AvgIpc) is 3.33. The van der Waals surface area contributed by atoms with E-state index in [0.29, 0.717) is 25.2 Å². The van der Waals surface area contributed by atoms with Crippen molar-refractivity contribution in [3.63, 3.8) is 0 Å². The number of nitrogens with zero attached hydrogens (tertiary/aromatic N) is 2. The number of hydrogen-bond acceptors (Lipinski definition) is 4. The van der Waals surface area contributed by atoms with Crippen LogP contribution in [0.3, 0.4) is 0 Å². The van der Waals surface area contributed by atoms with Crippen molar-refractivity contribution in [2.24, 2.45) is 0 Å². The van der Waals surface area contributed by atoms with Crippen LogP contribution in [0.1, 0.15) is 39.4 Å². The second-order valence-corrected chi connectivity index (χ2v) is 11.2. The van der Waals surface area contributed by atoms with E-state index in [0.717, 1.165) is 23.9 Å². The van der Waals surface area contributed by atoms with Crippen LogP contribution >= 0.6 is 0 Å². The number of allylic oxidation sites excluding steroid dienone is 1. The van der Waals surface area contributed by atoms with Gasteiger partial charge in [-0.15, -0.1) is 0 Å². The van der Waals surface area contributed by atoms with E-state index in [1.54, 1.807) is 28.1 Å². The van der Waals surface area contributed by atoms with Crippen LogP contribution in [0, 0.1) is 0 Å². The van der Waals surface area contributed by atoms with Crippen molar-refractivity contribution in [1.82, 2.24) is 9.80 Å². The van der Waals surface area contributed by atoms with Crippen molar-refractivity contribution >= 4 is 27.5 Å². The highest BCUT2D eigenvalue weighted by Crippen LogP contribution is 2.28. The first-order valence-electron chi connectivity index (χ1n) is 11.8. The Balaban J connectivity index is 1.18. The SMILES string of the molecule is CS(=O)(=O)c1ccc(C(=O)N2C=CC(c3ccc(NC(=O)N4Cc5ccccc5C4)cc3)CC2)cc1. The number of rotatable bonds is 4. The molecule has 3 aromatic carbocycles. The summed E-state index contributed by atoms with van der Waals surface area (Å²) in [7, 11) is -3.30. The molecule has 0 bridgehead atoms. The summed E-state index contributed by atoms with van der Waals surface area (Å²) >= 11 is 0. The average molecular weight is 502 g/mol. The lowest BCUT2D eigenvalue weighted by atomic mass is 9.93. The number of hydrogen-bond donors (Lipinski definition) is 1. The molecule has 1 N–H and O–H groups in total. The molecular weight excluding hydrogens is 474 g/mol. The Bertz CT molecular complexity index is 1410. The fraction of sp³-hybridized carbons (Fsp3) is 0.214. The molecule has 1 atom stereocenters. The van der Waals surface area contributed by atoms with E-state index in [1.165, 1.54) is 23.3 Å². The van der Waals surface area contributed by atoms with Gasteiger partial charge < -0.3 is 15.1 Å². The zero-order chi connectivity index (χ0) is 25.3. The number of nitrogens with one attached hydrogen (secondary N) is 1. The largest absolute Gasteiger partial charge is 0.322 e. The van der Waals surface area contributed by atoms with E-state index in [2.05, 4.69) is 17.4 Å². The molecule has 0 aliphatic carbocycles. The molecule has 3 aromatic rings. The molecule has 8 heteroatoms. The lowest BCUT2D eigenvalue weighted by Gasteiger charge is -2.27. The topological polar surface area (TPSA) is 86.8 Å². The number of carbonyl (C=O) groups is 2. The van der Waals surface area contributed by atoms with E-state index < -0.39 is 9.84 Å². The Kier molecular flexibility index (Phi) is 6.36. The summed E-state index contributed by atoms with van der Waals surface area (Å²) in [5, 5.41) is 2.98. The van der Waals surface area contributed by atoms with Crippen LogP contribution in [0.5, 0.6) is 0 Å². The molecule has 5 rings (SSSR count). The van der Waals surface area contributed by atoms with Gasteiger partial charge >= 0.3 is 6.03 Å². The zero-order valence-electron chi connectivity index (χ0n) is 19.9. The quantitative estimate of drug-likeness (QED) is 0.557. The van der Waals surface area contributed by atoms with E-state index in [9.17, 15) is 18.0 Å². The second kappa shape index (κ2) is 9.62. The van der Waals surface area contributed by atoms with Gasteiger partial charge in [0, 0.05) is 49.3 Å². The predicted octanol–water partition coefficient (Wildman–Crippen LogP) is 4.78. The number of sulfone groups is 1. The van der Waals surface area contributed by atoms with Crippen LogP contribution in [-0.4, -0.2) is 43.0 Å². The zero-order valence-corrected chi connectivity index (χ0v) is 20.7. The van der Waals surface area contributed by atoms with Crippen LogP contribution in [0.2, 0.25) is 0 Å². The van der Waals surface area contributed by atoms with Gasteiger partial charge in [-0.3, -0.25) is 4.79 Å². The molecule has 2 aliphatic rings. The third kappa shape index (κ3) is 5.04. The second-order valence-electron chi connectivity index (χ2n) is 9.21. The number of benzene rings is 3. The molecule has 0 saturated heterocycles. The van der Waals surface area contributed by atoms with E-state index in [1.807, 2.05) is 42.5 Å². The molecule has 2 aliphatic heterocycles. The Hall–Kier alpha value is -3.91. The fourth-order valence-electron chi connectivity index (χ4n) is 4.61. The van der Waals surface area contributed by atoms with Crippen molar-refractivity contribution in [1.29, 1.82) is 0 Å². The van der Waals surface area contributed by atoms with Gasteiger partial charge in [-0.25, -0.2) is 13.2 Å². The van der Waals surface area contributed by atoms with Gasteiger partial charge in [-0.05, 0) is 59.5 Å². The highest BCUT2D eigenvalue weighted by Gasteiger charge is 2.24. The first-order valence-corrected chi connectivity index (χ1v) is 13.7. The van der Waals surface area contributed by atoms with Crippen LogP contribution in [-0.2, 0) is 22.9 Å². The minimum absolute atomic E-state index is 0.116. The molecule has 0 spiro atoms. The Morgan fingerprint density at radius 2 is 1.53 bits per heavy atom. The van der Waals surface area contributed by atoms with Crippen LogP contribution < -0.4 is 5.32 Å². The number of amides is 3. The minimum Gasteiger partial charge on any atom is -0.316 e. The van der Waals surface area contributed by atoms with Crippen molar-refractivity contribution < 1.29 is 18.0 Å². The Morgan fingerprint density at radius 3 is 2.08 bits per heavy atom. The summed E-state index contributed by atoms with van der Waals surface area (Å²) in [6.07, 6.45) is 5.70. The number of fused-ring (bicyclic) bond motifs is 1. The highest BCUT2D eigenvalue weighted by atomic mass is 32.2. The molecular formula is C28H27N3O4S. The smallest absolute Gasteiger partial charge is 0.316 e. The molecule has 1 unspecified atom stereocenters. The van der Waals surface area contributed by atoms with Crippen LogP contribution in [0.4, 0.5) is 10.5 Å². The lowest BCUT2D eigenvalue weighted by Crippen LogP contribution is -2.30. The normalized spacial score (nSPS) is 17.1. The monoisotopic (exact) mass is 501 g/mol. The molecule has 0 fully saturated rings. The molecule has 3 amide bonds. The summed E-state index contributed by atoms with van der Waals surface area (Å²) in [6, 6.07) is 21.8. The number of urea groups is 1. The molecule has 184 valence electrons. The lowest BCUT2D eigenvalue weighted by molar-refractivity contribution is 0.0813. The minimum atomic E-state index is -3.30. The van der Waals surface area contributed by atoms with Crippen molar-refractivity contribution in [3.8, 4) is 0 Å². The maximum atomic E-state index is 12.8. The van der Waals surface area contributed by atoms with Gasteiger partial charge in [-0.1, -0.05) is 42.5 Å². The molecule has 36 heavy (non-hydrogen) atoms. The number of carbonyl (C=O) groups excluding carboxylic acids is 2. The molecule has 2 heterocycles. The van der Waals surface area contributed by atoms with E-state index in [4.69, 9.17) is 0 Å². The van der Waals surface area contributed by atoms with Gasteiger partial charge in [0.25, 0.3) is 5.91 Å². The molecule has 0 radical (unpaired) electrons. The van der Waals surface area contributed by atoms with Crippen molar-refractivity contribution in [2.45, 2.75) is 30.3 Å². The third-order valence-corrected chi connectivity index (χ3v) is 7.82. The number of anilines is 1. The highest BCUT2D eigenvalue weighted by molar-refractivity contribution is 7.90. The van der Waals surface area contributed by atoms with Crippen LogP contribution in [0.15, 0.2) is 90.0 Å². The Morgan fingerprint density at radius 1 is 0.889 bits per heavy atom. The molecule has 0 aromatic heterocycles. The summed E-state index contributed by atoms with van der Waals surface area (Å²) in [4.78, 5) is 29.1. The van der Waals surface area contributed by atoms with E-state index >= 15 is 0 Å². The van der Waals surface area contributed by atoms with Gasteiger partial charge in [0.1, 0.15) is 0 Å². The maximum absolute atomic E-state index is 12.8. The summed E-state index contributed by atoms with van der Waals surface area (Å²) in [5.74, 6) is 0.00590. The fourth-order valence-corrected chi connectivity index (χ4v) is 5.24. The van der Waals surface area contributed by atoms with Gasteiger partial charge in [0.05, 0.1) is 4.90 Å². The van der Waals surface area contributed by atoms with Gasteiger partial charge in [-0.2, -0.15) is 0 Å². The summed E-state index contributed by atoms with van der Waals surface area (Å²) < 4.78 is 23.3. The standard InChI is InChI=1S/C28H27N3O4S/c1-36(34,35)26-12-8-22(9-13-26)27(32)30-16-14-21(15-17-30)20-6-10-25(11-7-20)29-28(33)31-18-23-4-2-3-5-24(23)19-31/h2-14,16,21H,15,17-19H2,1H3,(H,29,33). The van der Waals surface area contributed by atoms with Crippen molar-refractivity contribution in [3.05, 3.63) is 107 Å². The third-order valence-electron chi connectivity index (χ3n) is 6.69. The van der Waals surface area contributed by atoms with Crippen LogP contribution in [0.25, 0.3) is 0 Å². The Labute approximate surface area is 211 Å². The summed E-state index contributed by atoms with van der Waals surface area (Å²) in [6.45, 7) is 1.79. The van der Waals surface area contributed by atoms with Gasteiger partial charge in [0.15, 0.2) is 9.84 Å². The predicted molar refractivity (Wildman–Crippen MR) is 138 cm³/mol. The molecule has 0 saturated carbocycles. The summed E-state index contributed by atoms with van der Waals surface area (Å²) in [5.41, 5.74) is 4.68. The van der Waals surface area contributed by atoms with Crippen molar-refractivity contribution in [2.75, 3.05) is 18.1 Å². The molecule has 7 nitrogen and oxygen atoms in total. The van der Waals surface area contributed by atoms with Gasteiger partial charge in [0.2, 0.25) is 0 Å². The van der Waals surface area contributed by atoms with E-state index in [-0.39, 0.29) is 22.8 Å². The maximum Gasteiger partial charge on any atom is 0.322 e. The first-order chi connectivity index (χ1) is 17.3. The first kappa shape index (κ1) is 23.8.